The van der Waals surface area contributed by atoms with Crippen LogP contribution in [0.15, 0.2) is 34.9 Å². The van der Waals surface area contributed by atoms with Crippen LogP contribution in [0.4, 0.5) is 4.39 Å². The van der Waals surface area contributed by atoms with E-state index >= 15 is 0 Å². The van der Waals surface area contributed by atoms with Gasteiger partial charge in [-0.2, -0.15) is 0 Å². The van der Waals surface area contributed by atoms with Crippen LogP contribution in [0.1, 0.15) is 25.8 Å². The van der Waals surface area contributed by atoms with E-state index in [0.717, 1.165) is 5.56 Å². The number of halogens is 1. The second-order valence-corrected chi connectivity index (χ2v) is 10.9. The van der Waals surface area contributed by atoms with Crippen molar-refractivity contribution in [2.24, 2.45) is 11.8 Å². The van der Waals surface area contributed by atoms with Crippen molar-refractivity contribution in [2.45, 2.75) is 50.3 Å². The Kier molecular flexibility index (Phi) is 6.76. The van der Waals surface area contributed by atoms with Gasteiger partial charge in [-0.3, -0.25) is 14.5 Å². The van der Waals surface area contributed by atoms with Crippen LogP contribution in [0.2, 0.25) is 0 Å². The van der Waals surface area contributed by atoms with Crippen molar-refractivity contribution in [3.8, 4) is 0 Å². The molecule has 1 aromatic carbocycles. The van der Waals surface area contributed by atoms with Crippen LogP contribution < -0.4 is 0 Å². The second kappa shape index (κ2) is 9.31. The maximum Gasteiger partial charge on any atom is 0.353 e. The summed E-state index contributed by atoms with van der Waals surface area (Å²) in [6.45, 7) is 4.36. The maximum absolute atomic E-state index is 13.7. The summed E-state index contributed by atoms with van der Waals surface area (Å²) in [6, 6.07) is 5.50. The van der Waals surface area contributed by atoms with Gasteiger partial charge in [-0.25, -0.2) is 9.18 Å². The quantitative estimate of drug-likeness (QED) is 0.561. The highest BCUT2D eigenvalue weighted by Crippen LogP contribution is 2.52. The first-order valence-corrected chi connectivity index (χ1v) is 12.2. The Morgan fingerprint density at radius 3 is 2.62 bits per heavy atom. The zero-order valence-corrected chi connectivity index (χ0v) is 20.5. The Hall–Kier alpha value is -2.43. The second-order valence-electron chi connectivity index (χ2n) is 9.56. The number of thioether (sulfide) groups is 1. The lowest BCUT2D eigenvalue weighted by molar-refractivity contribution is -0.163. The van der Waals surface area contributed by atoms with Gasteiger partial charge in [0.25, 0.3) is 0 Å². The van der Waals surface area contributed by atoms with E-state index < -0.39 is 24.0 Å². The minimum Gasteiger partial charge on any atom is -0.477 e. The smallest absolute Gasteiger partial charge is 0.353 e. The highest BCUT2D eigenvalue weighted by atomic mass is 32.2. The summed E-state index contributed by atoms with van der Waals surface area (Å²) in [7, 11) is 3.39. The third-order valence-electron chi connectivity index (χ3n) is 6.97. The van der Waals surface area contributed by atoms with Gasteiger partial charge in [-0.05, 0) is 31.0 Å². The summed E-state index contributed by atoms with van der Waals surface area (Å²) in [4.78, 5) is 43.1. The number of aliphatic carboxylic acids is 1. The molecule has 0 aromatic heterocycles. The molecule has 0 saturated carbocycles. The largest absolute Gasteiger partial charge is 0.477 e. The van der Waals surface area contributed by atoms with E-state index in [2.05, 4.69) is 0 Å². The van der Waals surface area contributed by atoms with E-state index in [4.69, 9.17) is 0 Å². The van der Waals surface area contributed by atoms with Gasteiger partial charge in [-0.1, -0.05) is 19.1 Å². The number of likely N-dealkylation sites (N-methyl/N-ethyl adjacent to an activating group) is 1. The third-order valence-corrected chi connectivity index (χ3v) is 8.46. The van der Waals surface area contributed by atoms with Crippen molar-refractivity contribution in [1.29, 1.82) is 0 Å². The molecule has 4 rings (SSSR count). The lowest BCUT2D eigenvalue weighted by Crippen LogP contribution is -2.63. The number of benzene rings is 1. The number of nitrogens with zero attached hydrogens (tertiary/aromatic N) is 3. The molecular formula is C24H30FN3O5S. The molecule has 0 bridgehead atoms. The van der Waals surface area contributed by atoms with Gasteiger partial charge in [0, 0.05) is 43.3 Å². The maximum atomic E-state index is 13.7. The van der Waals surface area contributed by atoms with Gasteiger partial charge in [0.2, 0.25) is 11.8 Å². The molecule has 34 heavy (non-hydrogen) atoms. The molecule has 3 aliphatic rings. The molecule has 3 heterocycles. The topological polar surface area (TPSA) is 101 Å². The number of carboxylic acids is 1. The van der Waals surface area contributed by atoms with Crippen molar-refractivity contribution in [2.75, 3.05) is 20.6 Å². The molecule has 2 saturated heterocycles. The van der Waals surface area contributed by atoms with Crippen LogP contribution in [-0.2, 0) is 20.9 Å². The zero-order valence-electron chi connectivity index (χ0n) is 19.6. The number of amides is 2. The van der Waals surface area contributed by atoms with Crippen LogP contribution in [0, 0.1) is 17.7 Å². The van der Waals surface area contributed by atoms with E-state index in [1.54, 1.807) is 27.1 Å². The van der Waals surface area contributed by atoms with Gasteiger partial charge >= 0.3 is 5.97 Å². The molecule has 0 unspecified atom stereocenters. The molecule has 3 aliphatic heterocycles. The Balaban J connectivity index is 1.58. The molecular weight excluding hydrogens is 461 g/mol. The van der Waals surface area contributed by atoms with E-state index in [-0.39, 0.29) is 40.5 Å². The first-order chi connectivity index (χ1) is 16.0. The normalized spacial score (nSPS) is 29.8. The van der Waals surface area contributed by atoms with Crippen molar-refractivity contribution >= 4 is 29.5 Å². The highest BCUT2D eigenvalue weighted by Gasteiger charge is 2.60. The minimum atomic E-state index is -1.16. The third kappa shape index (κ3) is 4.23. The van der Waals surface area contributed by atoms with Crippen LogP contribution in [0.25, 0.3) is 0 Å². The Labute approximate surface area is 202 Å². The molecule has 184 valence electrons. The van der Waals surface area contributed by atoms with E-state index in [9.17, 15) is 29.0 Å². The van der Waals surface area contributed by atoms with Gasteiger partial charge < -0.3 is 20.0 Å². The molecule has 1 aromatic rings. The predicted octanol–water partition coefficient (Wildman–Crippen LogP) is 1.74. The van der Waals surface area contributed by atoms with E-state index in [0.29, 0.717) is 24.4 Å². The van der Waals surface area contributed by atoms with Crippen molar-refractivity contribution in [1.82, 2.24) is 14.7 Å². The van der Waals surface area contributed by atoms with Gasteiger partial charge in [0.05, 0.1) is 24.1 Å². The van der Waals surface area contributed by atoms with Gasteiger partial charge in [-0.15, -0.1) is 11.8 Å². The molecule has 8 nitrogen and oxygen atoms in total. The summed E-state index contributed by atoms with van der Waals surface area (Å²) in [5.74, 6) is -2.76. The number of likely N-dealkylation sites (tertiary alicyclic amines) is 1. The number of aliphatic hydroxyl groups is 1. The van der Waals surface area contributed by atoms with E-state index in [1.807, 2.05) is 17.9 Å². The highest BCUT2D eigenvalue weighted by molar-refractivity contribution is 8.03. The molecule has 2 N–H and O–H groups in total. The number of carboxylic acid groups (broad SMARTS) is 1. The lowest BCUT2D eigenvalue weighted by atomic mass is 9.79. The van der Waals surface area contributed by atoms with Crippen LogP contribution in [-0.4, -0.2) is 86.8 Å². The molecule has 6 atom stereocenters. The fourth-order valence-electron chi connectivity index (χ4n) is 5.40. The summed E-state index contributed by atoms with van der Waals surface area (Å²) in [5.41, 5.74) is 0.750. The van der Waals surface area contributed by atoms with Crippen molar-refractivity contribution in [3.05, 3.63) is 46.2 Å². The number of carbonyl (C=O) groups is 3. The van der Waals surface area contributed by atoms with Crippen molar-refractivity contribution < 1.29 is 29.0 Å². The molecule has 0 spiro atoms. The number of fused-ring (bicyclic) bond motifs is 1. The monoisotopic (exact) mass is 491 g/mol. The number of aliphatic hydroxyl groups excluding tert-OH is 1. The molecule has 2 amide bonds. The van der Waals surface area contributed by atoms with Crippen LogP contribution in [0.3, 0.4) is 0 Å². The first kappa shape index (κ1) is 24.7. The Morgan fingerprint density at radius 2 is 2.03 bits per heavy atom. The minimum absolute atomic E-state index is 0.0107. The number of β-lactam (4-membered cyclic amide) rings is 1. The summed E-state index contributed by atoms with van der Waals surface area (Å²) < 4.78 is 13.7. The molecule has 0 radical (unpaired) electrons. The average molecular weight is 492 g/mol. The van der Waals surface area contributed by atoms with Gasteiger partial charge in [0.15, 0.2) is 0 Å². The number of hydrogen-bond acceptors (Lipinski definition) is 6. The fraction of sp³-hybridized carbons (Fsp3) is 0.542. The Morgan fingerprint density at radius 1 is 1.32 bits per heavy atom. The number of rotatable bonds is 7. The molecule has 0 aliphatic carbocycles. The zero-order chi connectivity index (χ0) is 24.9. The van der Waals surface area contributed by atoms with E-state index in [1.165, 1.54) is 33.7 Å². The van der Waals surface area contributed by atoms with Crippen LogP contribution >= 0.6 is 11.8 Å². The summed E-state index contributed by atoms with van der Waals surface area (Å²) in [5, 5.41) is 19.9. The Bertz CT molecular complexity index is 1050. The molecule has 10 heteroatoms. The predicted molar refractivity (Wildman–Crippen MR) is 125 cm³/mol. The summed E-state index contributed by atoms with van der Waals surface area (Å²) in [6.07, 6.45) is -0.343. The molecule has 2 fully saturated rings. The standard InChI is InChI=1S/C24H30FN3O5S/c1-12-19-18(13(2)29)23(31)28(19)20(24(32)33)21(12)34-16-9-17(22(30)26(3)4)27(11-16)10-14-6-5-7-15(25)8-14/h5-8,12-13,16-19,29H,9-11H2,1-4H3,(H,32,33)/t12-,13-,16+,17+,18-,19-/m1/s1. The lowest BCUT2D eigenvalue weighted by Gasteiger charge is -2.46. The fourth-order valence-corrected chi connectivity index (χ4v) is 6.96. The van der Waals surface area contributed by atoms with Gasteiger partial charge in [0.1, 0.15) is 11.5 Å². The average Bonchev–Trinajstić information content (AvgIpc) is 3.24. The SMILES string of the molecule is C[C@@H](O)[C@H]1C(=O)N2C(C(=O)O)=C(S[C@H]3C[C@@H](C(=O)N(C)C)N(Cc4cccc(F)c4)C3)[C@H](C)[C@H]12. The van der Waals surface area contributed by atoms with Crippen molar-refractivity contribution in [3.63, 3.8) is 0 Å². The number of carbonyl (C=O) groups excluding carboxylic acids is 2. The first-order valence-electron chi connectivity index (χ1n) is 11.4. The number of hydrogen-bond donors (Lipinski definition) is 2. The summed E-state index contributed by atoms with van der Waals surface area (Å²) >= 11 is 1.41. The van der Waals surface area contributed by atoms with Crippen LogP contribution in [0.5, 0.6) is 0 Å².